The third-order valence-corrected chi connectivity index (χ3v) is 4.15. The van der Waals surface area contributed by atoms with Crippen LogP contribution in [0.5, 0.6) is 0 Å². The summed E-state index contributed by atoms with van der Waals surface area (Å²) in [5.74, 6) is 1.54. The minimum atomic E-state index is -0.0383. The van der Waals surface area contributed by atoms with Gasteiger partial charge in [-0.25, -0.2) is 4.98 Å². The van der Waals surface area contributed by atoms with E-state index in [-0.39, 0.29) is 5.54 Å². The molecule has 3 nitrogen and oxygen atoms in total. The first-order valence-corrected chi connectivity index (χ1v) is 6.93. The highest BCUT2D eigenvalue weighted by atomic mass is 79.9. The van der Waals surface area contributed by atoms with Gasteiger partial charge in [-0.05, 0) is 63.6 Å². The van der Waals surface area contributed by atoms with Crippen LogP contribution in [0.1, 0.15) is 19.8 Å². The maximum Gasteiger partial charge on any atom is 0.140 e. The largest absolute Gasteiger partial charge is 0.362 e. The first-order valence-electron chi connectivity index (χ1n) is 5.34. The lowest BCUT2D eigenvalue weighted by atomic mass is 9.96. The number of aromatic nitrogens is 1. The van der Waals surface area contributed by atoms with Gasteiger partial charge in [-0.1, -0.05) is 0 Å². The molecule has 1 unspecified atom stereocenters. The fourth-order valence-corrected chi connectivity index (χ4v) is 2.90. The van der Waals surface area contributed by atoms with E-state index in [2.05, 4.69) is 49.1 Å². The lowest BCUT2D eigenvalue weighted by Crippen LogP contribution is -2.45. The predicted octanol–water partition coefficient (Wildman–Crippen LogP) is 3.15. The topological polar surface area (TPSA) is 50.9 Å². The van der Waals surface area contributed by atoms with Crippen molar-refractivity contribution in [2.24, 2.45) is 11.7 Å². The summed E-state index contributed by atoms with van der Waals surface area (Å²) in [6, 6.07) is 1.99. The Bertz CT molecular complexity index is 393. The van der Waals surface area contributed by atoms with E-state index in [1.54, 1.807) is 6.20 Å². The lowest BCUT2D eigenvalue weighted by molar-refractivity contribution is 0.457. The van der Waals surface area contributed by atoms with Crippen LogP contribution in [0.3, 0.4) is 0 Å². The Labute approximate surface area is 112 Å². The molecule has 1 heterocycles. The summed E-state index contributed by atoms with van der Waals surface area (Å²) in [5.41, 5.74) is 5.82. The second kappa shape index (κ2) is 4.63. The molecule has 0 amide bonds. The van der Waals surface area contributed by atoms with Crippen molar-refractivity contribution in [1.29, 1.82) is 0 Å². The fraction of sp³-hybridized carbons (Fsp3) is 0.545. The monoisotopic (exact) mass is 347 g/mol. The first kappa shape index (κ1) is 12.3. The highest BCUT2D eigenvalue weighted by Gasteiger charge is 2.40. The second-order valence-electron chi connectivity index (χ2n) is 4.50. The zero-order valence-corrected chi connectivity index (χ0v) is 12.3. The highest BCUT2D eigenvalue weighted by Crippen LogP contribution is 2.41. The van der Waals surface area contributed by atoms with Gasteiger partial charge in [0.25, 0.3) is 0 Å². The first-order chi connectivity index (χ1) is 7.55. The standard InChI is InChI=1S/C11H15Br2N3/c1-11(6-14,7-2-3-7)16-10-9(13)4-8(12)5-15-10/h4-5,7H,2-3,6,14H2,1H3,(H,15,16). The zero-order chi connectivity index (χ0) is 11.8. The molecular weight excluding hydrogens is 334 g/mol. The number of hydrogen-bond donors (Lipinski definition) is 2. The van der Waals surface area contributed by atoms with Crippen LogP contribution in [-0.4, -0.2) is 17.1 Å². The average molecular weight is 349 g/mol. The Morgan fingerprint density at radius 1 is 1.56 bits per heavy atom. The normalized spacial score (nSPS) is 19.2. The van der Waals surface area contributed by atoms with Gasteiger partial charge in [-0.2, -0.15) is 0 Å². The zero-order valence-electron chi connectivity index (χ0n) is 9.13. The van der Waals surface area contributed by atoms with Crippen LogP contribution in [0.2, 0.25) is 0 Å². The molecule has 1 aromatic rings. The number of nitrogens with two attached hydrogens (primary N) is 1. The summed E-state index contributed by atoms with van der Waals surface area (Å²) in [5, 5.41) is 3.46. The van der Waals surface area contributed by atoms with Crippen LogP contribution < -0.4 is 11.1 Å². The third kappa shape index (κ3) is 2.57. The molecule has 0 saturated heterocycles. The molecule has 1 saturated carbocycles. The van der Waals surface area contributed by atoms with E-state index in [1.165, 1.54) is 12.8 Å². The second-order valence-corrected chi connectivity index (χ2v) is 6.27. The number of anilines is 1. The summed E-state index contributed by atoms with van der Waals surface area (Å²) in [4.78, 5) is 4.36. The van der Waals surface area contributed by atoms with Gasteiger partial charge in [0.2, 0.25) is 0 Å². The lowest BCUT2D eigenvalue weighted by Gasteiger charge is -2.30. The van der Waals surface area contributed by atoms with E-state index in [9.17, 15) is 0 Å². The molecule has 88 valence electrons. The molecule has 1 atom stereocenters. The molecule has 2 rings (SSSR count). The predicted molar refractivity (Wildman–Crippen MR) is 73.4 cm³/mol. The minimum absolute atomic E-state index is 0.0383. The Balaban J connectivity index is 2.18. The Kier molecular flexibility index (Phi) is 3.56. The van der Waals surface area contributed by atoms with Crippen LogP contribution in [0.4, 0.5) is 5.82 Å². The van der Waals surface area contributed by atoms with Crippen LogP contribution in [0.25, 0.3) is 0 Å². The summed E-state index contributed by atoms with van der Waals surface area (Å²) in [7, 11) is 0. The van der Waals surface area contributed by atoms with E-state index in [1.807, 2.05) is 6.07 Å². The molecule has 0 aliphatic heterocycles. The van der Waals surface area contributed by atoms with Crippen molar-refractivity contribution in [2.75, 3.05) is 11.9 Å². The molecule has 0 aromatic carbocycles. The van der Waals surface area contributed by atoms with E-state index in [0.29, 0.717) is 12.5 Å². The number of nitrogens with zero attached hydrogens (tertiary/aromatic N) is 1. The maximum absolute atomic E-state index is 5.86. The van der Waals surface area contributed by atoms with Crippen molar-refractivity contribution in [3.8, 4) is 0 Å². The van der Waals surface area contributed by atoms with Gasteiger partial charge in [0.15, 0.2) is 0 Å². The molecule has 1 fully saturated rings. The third-order valence-electron chi connectivity index (χ3n) is 3.11. The SMILES string of the molecule is CC(CN)(Nc1ncc(Br)cc1Br)C1CC1. The van der Waals surface area contributed by atoms with E-state index in [0.717, 1.165) is 14.8 Å². The fourth-order valence-electron chi connectivity index (χ4n) is 1.82. The van der Waals surface area contributed by atoms with E-state index >= 15 is 0 Å². The molecule has 0 bridgehead atoms. The Morgan fingerprint density at radius 3 is 2.75 bits per heavy atom. The van der Waals surface area contributed by atoms with Crippen LogP contribution in [0.15, 0.2) is 21.2 Å². The molecule has 0 radical (unpaired) electrons. The molecule has 0 spiro atoms. The molecule has 1 aromatic heterocycles. The number of nitrogens with one attached hydrogen (secondary N) is 1. The van der Waals surface area contributed by atoms with Crippen molar-refractivity contribution < 1.29 is 0 Å². The van der Waals surface area contributed by atoms with Crippen molar-refractivity contribution in [1.82, 2.24) is 4.98 Å². The number of pyridine rings is 1. The van der Waals surface area contributed by atoms with Gasteiger partial charge < -0.3 is 11.1 Å². The number of rotatable bonds is 4. The average Bonchev–Trinajstić information content (AvgIpc) is 3.06. The maximum atomic E-state index is 5.86. The van der Waals surface area contributed by atoms with E-state index in [4.69, 9.17) is 5.73 Å². The number of hydrogen-bond acceptors (Lipinski definition) is 3. The van der Waals surface area contributed by atoms with Gasteiger partial charge in [0, 0.05) is 17.2 Å². The van der Waals surface area contributed by atoms with Crippen molar-refractivity contribution in [3.05, 3.63) is 21.2 Å². The smallest absolute Gasteiger partial charge is 0.140 e. The highest BCUT2D eigenvalue weighted by molar-refractivity contribution is 9.11. The van der Waals surface area contributed by atoms with E-state index < -0.39 is 0 Å². The van der Waals surface area contributed by atoms with Gasteiger partial charge in [-0.3, -0.25) is 0 Å². The van der Waals surface area contributed by atoms with Crippen molar-refractivity contribution >= 4 is 37.7 Å². The van der Waals surface area contributed by atoms with Gasteiger partial charge in [0.1, 0.15) is 5.82 Å². The molecule has 1 aliphatic rings. The molecule has 5 heteroatoms. The van der Waals surface area contributed by atoms with Crippen LogP contribution >= 0.6 is 31.9 Å². The quantitative estimate of drug-likeness (QED) is 0.878. The molecular formula is C11H15Br2N3. The van der Waals surface area contributed by atoms with Crippen LogP contribution in [-0.2, 0) is 0 Å². The van der Waals surface area contributed by atoms with Gasteiger partial charge >= 0.3 is 0 Å². The molecule has 3 N–H and O–H groups in total. The summed E-state index contributed by atoms with van der Waals surface area (Å²) in [6.07, 6.45) is 4.31. The molecule has 1 aliphatic carbocycles. The molecule has 16 heavy (non-hydrogen) atoms. The summed E-state index contributed by atoms with van der Waals surface area (Å²) in [6.45, 7) is 2.79. The van der Waals surface area contributed by atoms with Gasteiger partial charge in [0.05, 0.1) is 10.0 Å². The summed E-state index contributed by atoms with van der Waals surface area (Å²) < 4.78 is 1.92. The Hall–Kier alpha value is -0.130. The van der Waals surface area contributed by atoms with Crippen molar-refractivity contribution in [2.45, 2.75) is 25.3 Å². The van der Waals surface area contributed by atoms with Crippen molar-refractivity contribution in [3.63, 3.8) is 0 Å². The van der Waals surface area contributed by atoms with Crippen LogP contribution in [0, 0.1) is 5.92 Å². The Morgan fingerprint density at radius 2 is 2.25 bits per heavy atom. The van der Waals surface area contributed by atoms with Gasteiger partial charge in [-0.15, -0.1) is 0 Å². The summed E-state index contributed by atoms with van der Waals surface area (Å²) >= 11 is 6.89. The number of halogens is 2. The minimum Gasteiger partial charge on any atom is -0.362 e.